The lowest BCUT2D eigenvalue weighted by Crippen LogP contribution is -2.15. The van der Waals surface area contributed by atoms with E-state index in [1.54, 1.807) is 23.1 Å². The molecule has 0 fully saturated rings. The topological polar surface area (TPSA) is 56.3 Å². The van der Waals surface area contributed by atoms with Crippen LogP contribution in [-0.2, 0) is 5.75 Å². The number of fused-ring (bicyclic) bond motifs is 1. The summed E-state index contributed by atoms with van der Waals surface area (Å²) in [5.41, 5.74) is 1.16. The lowest BCUT2D eigenvalue weighted by atomic mass is 10.2. The minimum Gasteiger partial charge on any atom is -0.486 e. The summed E-state index contributed by atoms with van der Waals surface area (Å²) in [5.74, 6) is 2.41. The van der Waals surface area contributed by atoms with E-state index in [4.69, 9.17) is 9.47 Å². The van der Waals surface area contributed by atoms with Gasteiger partial charge in [-0.25, -0.2) is 0 Å². The van der Waals surface area contributed by atoms with E-state index in [9.17, 15) is 0 Å². The summed E-state index contributed by atoms with van der Waals surface area (Å²) in [4.78, 5) is 0. The van der Waals surface area contributed by atoms with E-state index < -0.39 is 0 Å². The number of anilines is 1. The molecule has 1 N–H and O–H groups in total. The van der Waals surface area contributed by atoms with Gasteiger partial charge in [0.1, 0.15) is 13.2 Å². The van der Waals surface area contributed by atoms with Crippen LogP contribution in [0.2, 0.25) is 0 Å². The van der Waals surface area contributed by atoms with E-state index >= 15 is 0 Å². The highest BCUT2D eigenvalue weighted by Gasteiger charge is 2.15. The number of halogens is 1. The molecular formula is C13H14BrN3O2S2. The first kappa shape index (κ1) is 14.9. The first-order valence-electron chi connectivity index (χ1n) is 6.54. The van der Waals surface area contributed by atoms with Gasteiger partial charge < -0.3 is 14.8 Å². The van der Waals surface area contributed by atoms with Crippen molar-refractivity contribution in [1.29, 1.82) is 0 Å². The quantitative estimate of drug-likeness (QED) is 0.787. The Balaban J connectivity index is 1.69. The number of aromatic nitrogens is 2. The highest BCUT2D eigenvalue weighted by molar-refractivity contribution is 9.10. The number of ether oxygens (including phenoxy) is 2. The third-order valence-electron chi connectivity index (χ3n) is 2.80. The van der Waals surface area contributed by atoms with E-state index in [0.717, 1.165) is 43.3 Å². The summed E-state index contributed by atoms with van der Waals surface area (Å²) >= 11 is 6.82. The van der Waals surface area contributed by atoms with Crippen LogP contribution >= 0.6 is 39.0 Å². The lowest BCUT2D eigenvalue weighted by Gasteiger charge is -2.19. The van der Waals surface area contributed by atoms with Gasteiger partial charge in [-0.3, -0.25) is 0 Å². The van der Waals surface area contributed by atoms with Gasteiger partial charge in [0.2, 0.25) is 5.13 Å². The third-order valence-corrected chi connectivity index (χ3v) is 5.60. The molecule has 0 radical (unpaired) electrons. The predicted molar refractivity (Wildman–Crippen MR) is 88.8 cm³/mol. The van der Waals surface area contributed by atoms with Crippen LogP contribution in [0.1, 0.15) is 12.5 Å². The molecule has 1 aromatic carbocycles. The Labute approximate surface area is 139 Å². The molecule has 3 rings (SSSR count). The van der Waals surface area contributed by atoms with Crippen LogP contribution in [0.15, 0.2) is 20.9 Å². The van der Waals surface area contributed by atoms with Gasteiger partial charge in [-0.05, 0) is 24.6 Å². The van der Waals surface area contributed by atoms with Crippen LogP contribution in [0.25, 0.3) is 0 Å². The summed E-state index contributed by atoms with van der Waals surface area (Å²) in [7, 11) is 0. The molecule has 1 aromatic heterocycles. The Morgan fingerprint density at radius 1 is 1.29 bits per heavy atom. The average Bonchev–Trinajstić information content (AvgIpc) is 2.93. The van der Waals surface area contributed by atoms with Crippen molar-refractivity contribution in [2.45, 2.75) is 17.0 Å². The Morgan fingerprint density at radius 3 is 2.81 bits per heavy atom. The molecule has 0 saturated heterocycles. The smallest absolute Gasteiger partial charge is 0.206 e. The molecule has 0 bridgehead atoms. The number of rotatable bonds is 5. The molecular weight excluding hydrogens is 374 g/mol. The summed E-state index contributed by atoms with van der Waals surface area (Å²) in [6.07, 6.45) is 0. The molecule has 0 aliphatic carbocycles. The molecule has 21 heavy (non-hydrogen) atoms. The monoisotopic (exact) mass is 387 g/mol. The number of nitrogens with zero attached hydrogens (tertiary/aromatic N) is 2. The minimum atomic E-state index is 0.601. The second-order valence-electron chi connectivity index (χ2n) is 4.28. The zero-order valence-electron chi connectivity index (χ0n) is 11.4. The van der Waals surface area contributed by atoms with Crippen molar-refractivity contribution < 1.29 is 9.47 Å². The van der Waals surface area contributed by atoms with Crippen molar-refractivity contribution in [2.24, 2.45) is 0 Å². The molecule has 2 heterocycles. The zero-order chi connectivity index (χ0) is 14.7. The van der Waals surface area contributed by atoms with Crippen LogP contribution in [0.5, 0.6) is 11.5 Å². The first-order valence-corrected chi connectivity index (χ1v) is 9.14. The fourth-order valence-corrected chi connectivity index (χ4v) is 4.31. The van der Waals surface area contributed by atoms with Gasteiger partial charge in [0.25, 0.3) is 0 Å². The molecule has 0 spiro atoms. The molecule has 1 aliphatic heterocycles. The maximum Gasteiger partial charge on any atom is 0.206 e. The van der Waals surface area contributed by atoms with Crippen molar-refractivity contribution in [3.63, 3.8) is 0 Å². The van der Waals surface area contributed by atoms with Crippen molar-refractivity contribution in [2.75, 3.05) is 25.1 Å². The van der Waals surface area contributed by atoms with Gasteiger partial charge in [0.15, 0.2) is 15.8 Å². The summed E-state index contributed by atoms with van der Waals surface area (Å²) < 4.78 is 13.2. The Kier molecular flexibility index (Phi) is 4.87. The normalized spacial score (nSPS) is 13.2. The summed E-state index contributed by atoms with van der Waals surface area (Å²) in [6.45, 7) is 4.10. The van der Waals surface area contributed by atoms with E-state index in [-0.39, 0.29) is 0 Å². The van der Waals surface area contributed by atoms with Crippen molar-refractivity contribution >= 4 is 44.2 Å². The van der Waals surface area contributed by atoms with Gasteiger partial charge in [0.05, 0.1) is 0 Å². The number of thioether (sulfide) groups is 1. The number of benzene rings is 1. The Bertz CT molecular complexity index is 636. The molecule has 1 aliphatic rings. The summed E-state index contributed by atoms with van der Waals surface area (Å²) in [6, 6.07) is 3.99. The molecule has 112 valence electrons. The molecule has 0 atom stereocenters. The third kappa shape index (κ3) is 3.61. The zero-order valence-corrected chi connectivity index (χ0v) is 14.6. The standard InChI is InChI=1S/C13H14BrN3O2S2/c1-2-15-12-16-17-13(21-12)20-7-8-5-10-11(6-9(8)14)19-4-3-18-10/h5-6H,2-4,7H2,1H3,(H,15,16). The van der Waals surface area contributed by atoms with Crippen LogP contribution in [-0.4, -0.2) is 30.0 Å². The van der Waals surface area contributed by atoms with E-state index in [2.05, 4.69) is 31.4 Å². The molecule has 0 unspecified atom stereocenters. The second-order valence-corrected chi connectivity index (χ2v) is 7.33. The van der Waals surface area contributed by atoms with E-state index in [1.165, 1.54) is 0 Å². The maximum absolute atomic E-state index is 5.62. The fraction of sp³-hybridized carbons (Fsp3) is 0.385. The molecule has 2 aromatic rings. The van der Waals surface area contributed by atoms with Crippen molar-refractivity contribution in [3.05, 3.63) is 22.2 Å². The van der Waals surface area contributed by atoms with Crippen molar-refractivity contribution in [1.82, 2.24) is 10.2 Å². The highest BCUT2D eigenvalue weighted by Crippen LogP contribution is 2.38. The molecule has 8 heteroatoms. The molecule has 5 nitrogen and oxygen atoms in total. The van der Waals surface area contributed by atoms with Gasteiger partial charge >= 0.3 is 0 Å². The number of nitrogens with one attached hydrogen (secondary N) is 1. The van der Waals surface area contributed by atoms with Gasteiger partial charge in [-0.1, -0.05) is 39.0 Å². The van der Waals surface area contributed by atoms with Crippen LogP contribution in [0.4, 0.5) is 5.13 Å². The highest BCUT2D eigenvalue weighted by atomic mass is 79.9. The van der Waals surface area contributed by atoms with Crippen molar-refractivity contribution in [3.8, 4) is 11.5 Å². The Morgan fingerprint density at radius 2 is 2.05 bits per heavy atom. The summed E-state index contributed by atoms with van der Waals surface area (Å²) in [5, 5.41) is 12.3. The second kappa shape index (κ2) is 6.85. The minimum absolute atomic E-state index is 0.601. The van der Waals surface area contributed by atoms with Gasteiger partial charge in [-0.2, -0.15) is 0 Å². The largest absolute Gasteiger partial charge is 0.486 e. The van der Waals surface area contributed by atoms with Crippen LogP contribution in [0.3, 0.4) is 0 Å². The molecule has 0 amide bonds. The van der Waals surface area contributed by atoms with Crippen LogP contribution in [0, 0.1) is 0 Å². The lowest BCUT2D eigenvalue weighted by molar-refractivity contribution is 0.171. The van der Waals surface area contributed by atoms with E-state index in [0.29, 0.717) is 13.2 Å². The first-order chi connectivity index (χ1) is 10.3. The van der Waals surface area contributed by atoms with E-state index in [1.807, 2.05) is 19.1 Å². The number of hydrogen-bond acceptors (Lipinski definition) is 7. The average molecular weight is 388 g/mol. The fourth-order valence-electron chi connectivity index (χ4n) is 1.85. The van der Waals surface area contributed by atoms with Gasteiger partial charge in [0, 0.05) is 16.8 Å². The van der Waals surface area contributed by atoms with Gasteiger partial charge in [-0.15, -0.1) is 10.2 Å². The number of hydrogen-bond donors (Lipinski definition) is 1. The molecule has 0 saturated carbocycles. The maximum atomic E-state index is 5.62. The predicted octanol–water partition coefficient (Wildman–Crippen LogP) is 3.80. The Hall–Kier alpha value is -0.990. The SMILES string of the molecule is CCNc1nnc(SCc2cc3c(cc2Br)OCCO3)s1. The van der Waals surface area contributed by atoms with Crippen LogP contribution < -0.4 is 14.8 Å².